The standard InChI is InChI=1S/C9H11NO/c1-7(10)9(11)8-5-3-2-4-6-8/h2-7H,10H2,1H3/t7-/m1/s1/i1D3. The van der Waals surface area contributed by atoms with Crippen LogP contribution in [0.3, 0.4) is 0 Å². The van der Waals surface area contributed by atoms with E-state index in [1.54, 1.807) is 30.3 Å². The predicted octanol–water partition coefficient (Wildman–Crippen LogP) is 1.22. The highest BCUT2D eigenvalue weighted by Crippen LogP contribution is 2.01. The van der Waals surface area contributed by atoms with E-state index in [9.17, 15) is 4.79 Å². The van der Waals surface area contributed by atoms with Crippen molar-refractivity contribution in [3.63, 3.8) is 0 Å². The number of nitrogens with two attached hydrogens (primary N) is 1. The molecule has 0 aromatic heterocycles. The van der Waals surface area contributed by atoms with Crippen molar-refractivity contribution in [3.8, 4) is 0 Å². The maximum atomic E-state index is 11.5. The highest BCUT2D eigenvalue weighted by atomic mass is 16.1. The van der Waals surface area contributed by atoms with Crippen LogP contribution in [0.2, 0.25) is 0 Å². The van der Waals surface area contributed by atoms with E-state index >= 15 is 0 Å². The van der Waals surface area contributed by atoms with Gasteiger partial charge in [-0.3, -0.25) is 4.79 Å². The van der Waals surface area contributed by atoms with Crippen molar-refractivity contribution >= 4 is 5.78 Å². The lowest BCUT2D eigenvalue weighted by Crippen LogP contribution is -2.26. The largest absolute Gasteiger partial charge is 0.321 e. The number of rotatable bonds is 2. The molecule has 58 valence electrons. The maximum Gasteiger partial charge on any atom is 0.179 e. The minimum Gasteiger partial charge on any atom is -0.321 e. The highest BCUT2D eigenvalue weighted by molar-refractivity contribution is 5.99. The van der Waals surface area contributed by atoms with Crippen LogP contribution >= 0.6 is 0 Å². The lowest BCUT2D eigenvalue weighted by molar-refractivity contribution is 0.0968. The zero-order valence-electron chi connectivity index (χ0n) is 8.95. The molecule has 2 heteroatoms. The van der Waals surface area contributed by atoms with E-state index in [1.807, 2.05) is 0 Å². The van der Waals surface area contributed by atoms with Gasteiger partial charge in [-0.2, -0.15) is 0 Å². The summed E-state index contributed by atoms with van der Waals surface area (Å²) < 4.78 is 21.0. The van der Waals surface area contributed by atoms with Gasteiger partial charge in [-0.15, -0.1) is 0 Å². The Kier molecular flexibility index (Phi) is 1.40. The smallest absolute Gasteiger partial charge is 0.179 e. The van der Waals surface area contributed by atoms with Gasteiger partial charge in [-0.05, 0) is 6.85 Å². The molecular formula is C9H11NO. The van der Waals surface area contributed by atoms with Crippen LogP contribution in [0.15, 0.2) is 30.3 Å². The van der Waals surface area contributed by atoms with E-state index in [-0.39, 0.29) is 0 Å². The summed E-state index contributed by atoms with van der Waals surface area (Å²) in [6.07, 6.45) is 0. The fraction of sp³-hybridized carbons (Fsp3) is 0.222. The molecule has 0 aliphatic heterocycles. The van der Waals surface area contributed by atoms with Gasteiger partial charge in [0.05, 0.1) is 6.04 Å². The van der Waals surface area contributed by atoms with Gasteiger partial charge in [0, 0.05) is 9.68 Å². The molecule has 0 amide bonds. The van der Waals surface area contributed by atoms with E-state index in [0.717, 1.165) is 0 Å². The minimum absolute atomic E-state index is 0.330. The van der Waals surface area contributed by atoms with Gasteiger partial charge in [0.15, 0.2) is 5.78 Å². The second kappa shape index (κ2) is 3.30. The number of hydrogen-bond acceptors (Lipinski definition) is 2. The molecule has 0 saturated carbocycles. The van der Waals surface area contributed by atoms with E-state index in [4.69, 9.17) is 9.85 Å². The van der Waals surface area contributed by atoms with E-state index in [0.29, 0.717) is 5.56 Å². The molecule has 2 nitrogen and oxygen atoms in total. The summed E-state index contributed by atoms with van der Waals surface area (Å²) in [7, 11) is 0. The third kappa shape index (κ3) is 1.88. The number of benzene rings is 1. The lowest BCUT2D eigenvalue weighted by atomic mass is 10.1. The first-order chi connectivity index (χ1) is 6.43. The molecule has 1 aromatic rings. The van der Waals surface area contributed by atoms with E-state index in [2.05, 4.69) is 0 Å². The second-order valence-corrected chi connectivity index (χ2v) is 2.21. The first kappa shape index (κ1) is 4.67. The maximum absolute atomic E-state index is 11.5. The van der Waals surface area contributed by atoms with Crippen molar-refractivity contribution in [1.82, 2.24) is 0 Å². The van der Waals surface area contributed by atoms with Gasteiger partial charge in [0.25, 0.3) is 0 Å². The zero-order chi connectivity index (χ0) is 10.8. The summed E-state index contributed by atoms with van der Waals surface area (Å²) in [5.41, 5.74) is 5.64. The summed E-state index contributed by atoms with van der Waals surface area (Å²) in [5, 5.41) is 0. The Balaban J connectivity index is 2.87. The molecule has 0 unspecified atom stereocenters. The Morgan fingerprint density at radius 3 is 2.73 bits per heavy atom. The predicted molar refractivity (Wildman–Crippen MR) is 44.4 cm³/mol. The van der Waals surface area contributed by atoms with Gasteiger partial charge in [0.2, 0.25) is 0 Å². The first-order valence-corrected chi connectivity index (χ1v) is 3.28. The van der Waals surface area contributed by atoms with Crippen molar-refractivity contribution in [2.24, 2.45) is 5.73 Å². The van der Waals surface area contributed by atoms with Crippen LogP contribution in [0.25, 0.3) is 0 Å². The summed E-state index contributed by atoms with van der Waals surface area (Å²) in [4.78, 5) is 11.5. The molecule has 0 fully saturated rings. The third-order valence-electron chi connectivity index (χ3n) is 1.34. The number of carbonyl (C=O) groups is 1. The minimum atomic E-state index is -2.44. The van der Waals surface area contributed by atoms with Crippen molar-refractivity contribution < 1.29 is 8.91 Å². The summed E-state index contributed by atoms with van der Waals surface area (Å²) in [6, 6.07) is 6.74. The van der Waals surface area contributed by atoms with Gasteiger partial charge in [-0.1, -0.05) is 30.3 Å². The van der Waals surface area contributed by atoms with Crippen molar-refractivity contribution in [2.75, 3.05) is 0 Å². The van der Waals surface area contributed by atoms with Gasteiger partial charge in [-0.25, -0.2) is 0 Å². The van der Waals surface area contributed by atoms with Crippen LogP contribution < -0.4 is 5.73 Å². The van der Waals surface area contributed by atoms with Crippen molar-refractivity contribution in [2.45, 2.75) is 12.9 Å². The topological polar surface area (TPSA) is 43.1 Å². The summed E-state index contributed by atoms with van der Waals surface area (Å²) >= 11 is 0. The summed E-state index contributed by atoms with van der Waals surface area (Å²) in [6.45, 7) is -2.44. The molecule has 11 heavy (non-hydrogen) atoms. The third-order valence-corrected chi connectivity index (χ3v) is 1.34. The highest BCUT2D eigenvalue weighted by Gasteiger charge is 2.08. The fourth-order valence-electron chi connectivity index (χ4n) is 0.782. The lowest BCUT2D eigenvalue weighted by Gasteiger charge is -2.02. The number of Topliss-reactive ketones (excluding diaryl/α,β-unsaturated/α-hetero) is 1. The van der Waals surface area contributed by atoms with E-state index < -0.39 is 18.7 Å². The van der Waals surface area contributed by atoms with Gasteiger partial charge in [0.1, 0.15) is 0 Å². The van der Waals surface area contributed by atoms with Crippen LogP contribution in [0, 0.1) is 0 Å². The Labute approximate surface area is 70.2 Å². The Morgan fingerprint density at radius 2 is 2.18 bits per heavy atom. The first-order valence-electron chi connectivity index (χ1n) is 4.78. The molecule has 2 N–H and O–H groups in total. The van der Waals surface area contributed by atoms with Crippen LogP contribution in [0.5, 0.6) is 0 Å². The average Bonchev–Trinajstić information content (AvgIpc) is 2.15. The molecular weight excluding hydrogens is 138 g/mol. The second-order valence-electron chi connectivity index (χ2n) is 2.21. The molecule has 0 heterocycles. The molecule has 0 radical (unpaired) electrons. The molecule has 1 rings (SSSR count). The van der Waals surface area contributed by atoms with Gasteiger partial charge < -0.3 is 5.73 Å². The molecule has 0 spiro atoms. The van der Waals surface area contributed by atoms with Crippen molar-refractivity contribution in [3.05, 3.63) is 35.9 Å². The van der Waals surface area contributed by atoms with Crippen LogP contribution in [-0.2, 0) is 0 Å². The number of ketones is 1. The average molecular weight is 152 g/mol. The van der Waals surface area contributed by atoms with Crippen LogP contribution in [0.4, 0.5) is 0 Å². The molecule has 1 aromatic carbocycles. The molecule has 0 saturated heterocycles. The number of carbonyl (C=O) groups excluding carboxylic acids is 1. The quantitative estimate of drug-likeness (QED) is 0.647. The SMILES string of the molecule is [2H]C([2H])([2H])[C@@H](N)C(=O)c1ccccc1. The Morgan fingerprint density at radius 1 is 1.55 bits per heavy atom. The zero-order valence-corrected chi connectivity index (χ0v) is 5.95. The summed E-state index contributed by atoms with van der Waals surface area (Å²) in [5.74, 6) is -0.550. The van der Waals surface area contributed by atoms with Crippen LogP contribution in [0.1, 0.15) is 21.3 Å². The fourth-order valence-corrected chi connectivity index (χ4v) is 0.782. The monoisotopic (exact) mass is 152 g/mol. The molecule has 0 aliphatic rings. The van der Waals surface area contributed by atoms with Crippen molar-refractivity contribution in [1.29, 1.82) is 0 Å². The Hall–Kier alpha value is -1.15. The molecule has 0 bridgehead atoms. The molecule has 0 aliphatic carbocycles. The molecule has 1 atom stereocenters. The van der Waals surface area contributed by atoms with E-state index in [1.165, 1.54) is 0 Å². The normalized spacial score (nSPS) is 17.7. The Bertz CT molecular complexity index is 321. The van der Waals surface area contributed by atoms with Gasteiger partial charge >= 0.3 is 0 Å². The van der Waals surface area contributed by atoms with Crippen LogP contribution in [-0.4, -0.2) is 11.8 Å². The number of hydrogen-bond donors (Lipinski definition) is 1.